The molecule has 260 valence electrons. The van der Waals surface area contributed by atoms with Gasteiger partial charge in [-0.2, -0.15) is 9.33 Å². The Bertz CT molecular complexity index is 1010. The number of methoxy groups -OCH3 is 3. The number of fused-ring (bicyclic) bond motifs is 1. The number of rotatable bonds is 5. The second-order valence-corrected chi connectivity index (χ2v) is 11.3. The summed E-state index contributed by atoms with van der Waals surface area (Å²) in [5.41, 5.74) is 0.901. The number of aromatic carboxylic acids is 1. The maximum Gasteiger partial charge on any atom is 0.352 e. The molecule has 0 amide bonds. The van der Waals surface area contributed by atoms with Gasteiger partial charge in [0, 0.05) is 60.6 Å². The first-order chi connectivity index (χ1) is 21.3. The van der Waals surface area contributed by atoms with Gasteiger partial charge in [0.1, 0.15) is 11.8 Å². The number of hydrogen-bond donors (Lipinski definition) is 3. The number of aromatic nitrogens is 1. The van der Waals surface area contributed by atoms with Crippen LogP contribution in [0.3, 0.4) is 0 Å². The van der Waals surface area contributed by atoms with E-state index in [9.17, 15) is 28.0 Å². The maximum absolute atomic E-state index is 12.0. The van der Waals surface area contributed by atoms with Crippen molar-refractivity contribution in [2.75, 3.05) is 42.2 Å². The molecular weight excluding hydrogens is 599 g/mol. The van der Waals surface area contributed by atoms with E-state index in [1.165, 1.54) is 5.57 Å². The lowest BCUT2D eigenvalue weighted by Gasteiger charge is -2.28. The summed E-state index contributed by atoms with van der Waals surface area (Å²) in [6.07, 6.45) is 10.3. The van der Waals surface area contributed by atoms with Crippen LogP contribution in [0.15, 0.2) is 29.9 Å². The van der Waals surface area contributed by atoms with Gasteiger partial charge in [-0.05, 0) is 54.9 Å². The number of H-pyrrole nitrogens is 1. The van der Waals surface area contributed by atoms with Gasteiger partial charge >= 0.3 is 11.9 Å². The molecule has 0 saturated heterocycles. The van der Waals surface area contributed by atoms with Crippen molar-refractivity contribution in [3.63, 3.8) is 0 Å². The Kier molecular flexibility index (Phi) is 22.2. The molecule has 1 aliphatic heterocycles. The summed E-state index contributed by atoms with van der Waals surface area (Å²) in [6, 6.07) is 0.581. The van der Waals surface area contributed by atoms with Crippen molar-refractivity contribution >= 4 is 11.9 Å². The van der Waals surface area contributed by atoms with Crippen molar-refractivity contribution in [2.45, 2.75) is 77.6 Å². The number of esters is 1. The van der Waals surface area contributed by atoms with E-state index in [-0.39, 0.29) is 36.1 Å². The molecule has 0 unspecified atom stereocenters. The van der Waals surface area contributed by atoms with E-state index in [4.69, 9.17) is 14.6 Å². The molecule has 45 heavy (non-hydrogen) atoms. The molecule has 0 aromatic carbocycles. The van der Waals surface area contributed by atoms with Crippen LogP contribution >= 0.6 is 0 Å². The first-order valence-electron chi connectivity index (χ1n) is 14.9. The van der Waals surface area contributed by atoms with Crippen LogP contribution in [0.1, 0.15) is 69.8 Å². The van der Waals surface area contributed by atoms with Gasteiger partial charge in [-0.3, -0.25) is 4.79 Å². The van der Waals surface area contributed by atoms with Gasteiger partial charge in [-0.15, -0.1) is 0 Å². The first kappa shape index (κ1) is 42.3. The molecule has 10 nitrogen and oxygen atoms in total. The molecule has 1 saturated carbocycles. The van der Waals surface area contributed by atoms with Crippen molar-refractivity contribution in [3.8, 4) is 0 Å². The van der Waals surface area contributed by atoms with Crippen LogP contribution < -0.4 is 0 Å². The van der Waals surface area contributed by atoms with E-state index in [0.29, 0.717) is 50.2 Å². The molecular formula is C32H52F3NO9. The number of carbonyl (C=O) groups is 2. The average Bonchev–Trinajstić information content (AvgIpc) is 3.59. The fourth-order valence-electron chi connectivity index (χ4n) is 5.09. The summed E-state index contributed by atoms with van der Waals surface area (Å²) in [4.78, 5) is 27.4. The summed E-state index contributed by atoms with van der Waals surface area (Å²) in [5.74, 6) is -2.67. The number of allylic oxidation sites excluding steroid dienone is 3. The number of aromatic amines is 1. The predicted octanol–water partition coefficient (Wildman–Crippen LogP) is 6.07. The Labute approximate surface area is 264 Å². The highest BCUT2D eigenvalue weighted by Crippen LogP contribution is 2.36. The van der Waals surface area contributed by atoms with Crippen LogP contribution in [0.2, 0.25) is 0 Å². The summed E-state index contributed by atoms with van der Waals surface area (Å²) >= 11 is 0. The minimum Gasteiger partial charge on any atom is -0.477 e. The molecule has 2 aliphatic carbocycles. The Morgan fingerprint density at radius 3 is 2.20 bits per heavy atom. The molecule has 2 heterocycles. The number of nitrogens with one attached hydrogen (secondary N) is 1. The molecule has 4 rings (SSSR count). The van der Waals surface area contributed by atoms with Crippen LogP contribution in [0.5, 0.6) is 0 Å². The highest BCUT2D eigenvalue weighted by Gasteiger charge is 2.31. The van der Waals surface area contributed by atoms with Gasteiger partial charge in [-0.1, -0.05) is 37.6 Å². The molecule has 13 heteroatoms. The Balaban J connectivity index is 0.000000632. The van der Waals surface area contributed by atoms with Crippen molar-refractivity contribution < 1.29 is 57.0 Å². The van der Waals surface area contributed by atoms with Crippen molar-refractivity contribution in [1.82, 2.24) is 4.98 Å². The van der Waals surface area contributed by atoms with Crippen molar-refractivity contribution in [2.24, 2.45) is 23.7 Å². The van der Waals surface area contributed by atoms with E-state index in [1.807, 2.05) is 6.92 Å². The number of cyclic esters (lactones) is 1. The third-order valence-corrected chi connectivity index (χ3v) is 7.44. The minimum atomic E-state index is -1.39. The first-order valence-corrected chi connectivity index (χ1v) is 14.9. The van der Waals surface area contributed by atoms with Crippen LogP contribution in [0, 0.1) is 35.4 Å². The zero-order valence-electron chi connectivity index (χ0n) is 27.7. The van der Waals surface area contributed by atoms with Gasteiger partial charge in [0.25, 0.3) is 0 Å². The minimum absolute atomic E-state index is 0.0646. The Hall–Kier alpha value is -2.71. The third kappa shape index (κ3) is 16.4. The Morgan fingerprint density at radius 2 is 1.73 bits per heavy atom. The average molecular weight is 652 g/mol. The SMILES string of the molecule is COC.COC.COCC[C@H]1OC(=O)C[C@H]2C=CC[C@H]2/C(C)=C/[C@H]1C.C[C@H]1C[C@H](OF)CC[C@@H]1O.O=C(O)c1cc(F)c(F)[nH]1. The number of aliphatic hydroxyl groups is 1. The number of carbonyl (C=O) groups excluding carboxylic acids is 1. The zero-order chi connectivity index (χ0) is 34.5. The van der Waals surface area contributed by atoms with E-state index >= 15 is 0 Å². The van der Waals surface area contributed by atoms with Gasteiger partial charge < -0.3 is 34.1 Å². The van der Waals surface area contributed by atoms with Crippen LogP contribution in [-0.4, -0.2) is 87.6 Å². The van der Waals surface area contributed by atoms with E-state index in [0.717, 1.165) is 12.8 Å². The largest absolute Gasteiger partial charge is 0.477 e. The molecule has 3 aliphatic rings. The standard InChI is InChI=1S/C16H24O3.C7H13FO2.C5H3F2NO2.2C2H6O/c1-11-9-12(2)15(7-8-18-3)19-16(17)10-13-5-4-6-14(11)13;1-5-4-6(10-8)2-3-7(5)9;6-2-1-3(5(9)10)8-4(2)7;2*1-3-2/h4-5,9,12-15H,6-8,10H2,1-3H3;5-7,9H,2-4H2,1H3;1,8H,(H,9,10);2*1-2H3/b11-9+;;;;/t12-,13-,14+,15-;5-,6+,7-;;;/m10.../s1. The number of ether oxygens (including phenoxy) is 4. The monoisotopic (exact) mass is 651 g/mol. The highest BCUT2D eigenvalue weighted by atomic mass is 19.3. The van der Waals surface area contributed by atoms with E-state index in [2.05, 4.69) is 46.5 Å². The van der Waals surface area contributed by atoms with Crippen molar-refractivity contribution in [3.05, 3.63) is 47.3 Å². The number of aliphatic hydroxyl groups excluding tert-OH is 1. The molecule has 0 spiro atoms. The topological polar surface area (TPSA) is 137 Å². The lowest BCUT2D eigenvalue weighted by atomic mass is 9.85. The third-order valence-electron chi connectivity index (χ3n) is 7.44. The van der Waals surface area contributed by atoms with E-state index < -0.39 is 23.4 Å². The summed E-state index contributed by atoms with van der Waals surface area (Å²) in [7, 11) is 8.18. The van der Waals surface area contributed by atoms with Gasteiger partial charge in [0.05, 0.1) is 18.6 Å². The fourth-order valence-corrected chi connectivity index (χ4v) is 5.09. The Morgan fingerprint density at radius 1 is 1.11 bits per heavy atom. The van der Waals surface area contributed by atoms with Crippen LogP contribution in [-0.2, 0) is 28.7 Å². The fraction of sp³-hybridized carbons (Fsp3) is 0.688. The number of carboxylic acids is 1. The van der Waals surface area contributed by atoms with Gasteiger partial charge in [0.2, 0.25) is 5.95 Å². The molecule has 1 aromatic rings. The van der Waals surface area contributed by atoms with Crippen molar-refractivity contribution in [1.29, 1.82) is 0 Å². The van der Waals surface area contributed by atoms with Crippen LogP contribution in [0.4, 0.5) is 13.3 Å². The molecule has 1 fully saturated rings. The predicted molar refractivity (Wildman–Crippen MR) is 163 cm³/mol. The van der Waals surface area contributed by atoms with Crippen LogP contribution in [0.25, 0.3) is 0 Å². The maximum atomic E-state index is 12.0. The lowest BCUT2D eigenvalue weighted by molar-refractivity contribution is -0.198. The second-order valence-electron chi connectivity index (χ2n) is 11.3. The normalized spacial score (nSPS) is 28.1. The summed E-state index contributed by atoms with van der Waals surface area (Å²) in [5, 5.41) is 17.4. The summed E-state index contributed by atoms with van der Waals surface area (Å²) < 4.78 is 54.9. The second kappa shape index (κ2) is 23.6. The summed E-state index contributed by atoms with van der Waals surface area (Å²) in [6.45, 7) is 6.85. The number of halogens is 3. The smallest absolute Gasteiger partial charge is 0.352 e. The highest BCUT2D eigenvalue weighted by molar-refractivity contribution is 5.85. The van der Waals surface area contributed by atoms with E-state index in [1.54, 1.807) is 40.5 Å². The lowest BCUT2D eigenvalue weighted by Crippen LogP contribution is -2.30. The van der Waals surface area contributed by atoms with Gasteiger partial charge in [0.15, 0.2) is 5.82 Å². The molecule has 7 atom stereocenters. The molecule has 1 aromatic heterocycles. The number of carboxylic acid groups (broad SMARTS) is 1. The molecule has 0 radical (unpaired) electrons. The van der Waals surface area contributed by atoms with Gasteiger partial charge in [-0.25, -0.2) is 9.18 Å². The molecule has 3 N–H and O–H groups in total. The molecule has 0 bridgehead atoms. The quantitative estimate of drug-likeness (QED) is 0.256. The zero-order valence-corrected chi connectivity index (χ0v) is 27.7. The number of hydrogen-bond acceptors (Lipinski definition) is 8.